The Balaban J connectivity index is 0.000000531. The average molecular weight is 1290 g/mol. The lowest BCUT2D eigenvalue weighted by molar-refractivity contribution is -0.145. The number of hydrogen-bond donors (Lipinski definition) is 5. The van der Waals surface area contributed by atoms with E-state index in [-0.39, 0.29) is 0 Å². The summed E-state index contributed by atoms with van der Waals surface area (Å²) in [6.45, 7) is 0. The zero-order valence-corrected chi connectivity index (χ0v) is 39.3. The molecule has 0 atom stereocenters. The van der Waals surface area contributed by atoms with Gasteiger partial charge in [0, 0.05) is 0 Å². The van der Waals surface area contributed by atoms with Gasteiger partial charge in [-0.3, -0.25) is 0 Å². The highest BCUT2D eigenvalue weighted by Gasteiger charge is 2.48. The lowest BCUT2D eigenvalue weighted by atomic mass is 10.0. The van der Waals surface area contributed by atoms with Gasteiger partial charge in [-0.25, -0.2) is 24.0 Å². The molecule has 0 saturated carbocycles. The van der Waals surface area contributed by atoms with E-state index in [9.17, 15) is 156 Å². The van der Waals surface area contributed by atoms with Crippen molar-refractivity contribution in [2.24, 2.45) is 0 Å². The molecule has 0 aliphatic rings. The minimum atomic E-state index is -5.16. The minimum Gasteiger partial charge on any atom is -0.478 e. The van der Waals surface area contributed by atoms with Crippen molar-refractivity contribution in [3.05, 3.63) is 174 Å². The number of carbonyl (C=O) groups is 5. The molecule has 0 unspecified atom stereocenters. The number of aromatic carboxylic acids is 5. The summed E-state index contributed by atoms with van der Waals surface area (Å²) < 4.78 is 370. The quantitative estimate of drug-likeness (QED) is 0.106. The number of benzene rings is 5. The first-order valence-electron chi connectivity index (χ1n) is 20.3. The van der Waals surface area contributed by atoms with Crippen LogP contribution in [0.4, 0.5) is 132 Å². The first-order chi connectivity index (χ1) is 37.7. The SMILES string of the molecule is O=C(O)c1c(C(F)(F)F)cccc1C(F)(F)F.O=C(O)c1c(C(F)(F)F)cccc1C(F)(F)F.O=C(O)c1c(C(F)(F)F)cccc1C(F)(F)F.O=C(O)c1c(C(F)(F)F)cccc1C(F)(F)F.O=C(O)c1c(C(F)(F)F)cccc1C(F)(F)F. The average Bonchev–Trinajstić information content (AvgIpc) is 2.02. The second kappa shape index (κ2) is 26.1. The number of carboxylic acids is 5. The smallest absolute Gasteiger partial charge is 0.417 e. The van der Waals surface area contributed by atoms with Gasteiger partial charge < -0.3 is 25.5 Å². The second-order valence-corrected chi connectivity index (χ2v) is 15.1. The third kappa shape index (κ3) is 20.3. The van der Waals surface area contributed by atoms with Crippen LogP contribution in [0.15, 0.2) is 91.0 Å². The standard InChI is InChI=1S/5C9H4F6O2/c5*10-8(11,12)4-2-1-3-5(9(13,14)15)6(4)7(16)17/h5*1-3H,(H,16,17). The van der Waals surface area contributed by atoms with Crippen molar-refractivity contribution in [3.63, 3.8) is 0 Å². The molecule has 5 aromatic carbocycles. The fraction of sp³-hybridized carbons (Fsp3) is 0.222. The van der Waals surface area contributed by atoms with Gasteiger partial charge in [0.15, 0.2) is 0 Å². The maximum atomic E-state index is 12.3. The van der Waals surface area contributed by atoms with Crippen LogP contribution in [0.5, 0.6) is 0 Å². The Morgan fingerprint density at radius 3 is 0.306 bits per heavy atom. The van der Waals surface area contributed by atoms with Crippen molar-refractivity contribution in [2.75, 3.05) is 0 Å². The molecule has 5 aromatic rings. The summed E-state index contributed by atoms with van der Waals surface area (Å²) in [5, 5.41) is 42.4. The molecule has 470 valence electrons. The van der Waals surface area contributed by atoms with Crippen molar-refractivity contribution in [2.45, 2.75) is 61.8 Å². The second-order valence-electron chi connectivity index (χ2n) is 15.1. The van der Waals surface area contributed by atoms with E-state index in [0.717, 1.165) is 0 Å². The van der Waals surface area contributed by atoms with Gasteiger partial charge in [0.05, 0.1) is 83.5 Å². The highest BCUT2D eigenvalue weighted by Crippen LogP contribution is 2.44. The molecule has 0 aromatic heterocycles. The van der Waals surface area contributed by atoms with Gasteiger partial charge in [0.1, 0.15) is 0 Å². The lowest BCUT2D eigenvalue weighted by Gasteiger charge is -2.15. The first kappa shape index (κ1) is 74.4. The highest BCUT2D eigenvalue weighted by atomic mass is 19.4. The van der Waals surface area contributed by atoms with E-state index in [2.05, 4.69) is 0 Å². The summed E-state index contributed by atoms with van der Waals surface area (Å²) in [7, 11) is 0. The summed E-state index contributed by atoms with van der Waals surface area (Å²) in [4.78, 5) is 52.7. The Labute approximate surface area is 447 Å². The maximum absolute atomic E-state index is 12.3. The van der Waals surface area contributed by atoms with E-state index < -0.39 is 175 Å². The molecule has 0 amide bonds. The van der Waals surface area contributed by atoms with Gasteiger partial charge in [-0.15, -0.1) is 0 Å². The molecule has 40 heteroatoms. The van der Waals surface area contributed by atoms with Crippen LogP contribution in [0.3, 0.4) is 0 Å². The fourth-order valence-electron chi connectivity index (χ4n) is 6.28. The van der Waals surface area contributed by atoms with Crippen LogP contribution in [0.25, 0.3) is 0 Å². The molecule has 0 fully saturated rings. The molecule has 0 aliphatic carbocycles. The van der Waals surface area contributed by atoms with E-state index in [0.29, 0.717) is 91.0 Å². The topological polar surface area (TPSA) is 186 Å². The van der Waals surface area contributed by atoms with Crippen LogP contribution in [-0.4, -0.2) is 55.4 Å². The Kier molecular flexibility index (Phi) is 22.8. The Bertz CT molecular complexity index is 2560. The fourth-order valence-corrected chi connectivity index (χ4v) is 6.28. The van der Waals surface area contributed by atoms with Crippen LogP contribution < -0.4 is 0 Å². The molecule has 0 spiro atoms. The molecule has 85 heavy (non-hydrogen) atoms. The summed E-state index contributed by atoms with van der Waals surface area (Å²) in [6.07, 6.45) is -51.6. The van der Waals surface area contributed by atoms with Gasteiger partial charge in [-0.2, -0.15) is 132 Å². The van der Waals surface area contributed by atoms with E-state index in [1.807, 2.05) is 0 Å². The summed E-state index contributed by atoms with van der Waals surface area (Å²) >= 11 is 0. The maximum Gasteiger partial charge on any atom is 0.417 e. The van der Waals surface area contributed by atoms with Gasteiger partial charge in [-0.05, 0) is 60.7 Å². The zero-order valence-electron chi connectivity index (χ0n) is 39.3. The van der Waals surface area contributed by atoms with Gasteiger partial charge in [0.2, 0.25) is 0 Å². The first-order valence-corrected chi connectivity index (χ1v) is 20.3. The number of hydrogen-bond acceptors (Lipinski definition) is 5. The van der Waals surface area contributed by atoms with Gasteiger partial charge in [0.25, 0.3) is 0 Å². The Morgan fingerprint density at radius 1 is 0.188 bits per heavy atom. The molecule has 0 aliphatic heterocycles. The van der Waals surface area contributed by atoms with Crippen LogP contribution in [0.2, 0.25) is 0 Å². The van der Waals surface area contributed by atoms with E-state index in [1.54, 1.807) is 0 Å². The number of alkyl halides is 30. The van der Waals surface area contributed by atoms with Crippen LogP contribution in [0, 0.1) is 0 Å². The van der Waals surface area contributed by atoms with Crippen molar-refractivity contribution >= 4 is 29.8 Å². The van der Waals surface area contributed by atoms with Crippen molar-refractivity contribution in [1.82, 2.24) is 0 Å². The van der Waals surface area contributed by atoms with Crippen LogP contribution >= 0.6 is 0 Å². The molecule has 0 saturated heterocycles. The third-order valence-corrected chi connectivity index (χ3v) is 9.45. The van der Waals surface area contributed by atoms with Gasteiger partial charge in [-0.1, -0.05) is 30.3 Å². The molecular weight excluding hydrogens is 1270 g/mol. The molecular formula is C45H20F30O10. The number of rotatable bonds is 5. The Hall–Kier alpha value is -8.65. The summed E-state index contributed by atoms with van der Waals surface area (Å²) in [6, 6.07) is 5.46. The minimum absolute atomic E-state index is 0.290. The van der Waals surface area contributed by atoms with Gasteiger partial charge >= 0.3 is 91.6 Å². The van der Waals surface area contributed by atoms with Crippen LogP contribution in [0.1, 0.15) is 107 Å². The molecule has 10 nitrogen and oxygen atoms in total. The van der Waals surface area contributed by atoms with Crippen molar-refractivity contribution in [3.8, 4) is 0 Å². The monoisotopic (exact) mass is 1290 g/mol. The number of carboxylic acid groups (broad SMARTS) is 5. The largest absolute Gasteiger partial charge is 0.478 e. The molecule has 0 radical (unpaired) electrons. The number of halogens is 30. The van der Waals surface area contributed by atoms with E-state index >= 15 is 0 Å². The molecule has 5 N–H and O–H groups in total. The summed E-state index contributed by atoms with van der Waals surface area (Å²) in [5.41, 5.74) is -27.1. The Morgan fingerprint density at radius 2 is 0.259 bits per heavy atom. The molecule has 0 heterocycles. The van der Waals surface area contributed by atoms with E-state index in [1.165, 1.54) is 0 Å². The summed E-state index contributed by atoms with van der Waals surface area (Å²) in [5.74, 6) is -11.4. The van der Waals surface area contributed by atoms with Crippen molar-refractivity contribution < 1.29 is 181 Å². The third-order valence-electron chi connectivity index (χ3n) is 9.45. The van der Waals surface area contributed by atoms with Crippen molar-refractivity contribution in [1.29, 1.82) is 0 Å². The zero-order chi connectivity index (χ0) is 67.2. The molecule has 5 rings (SSSR count). The highest BCUT2D eigenvalue weighted by molar-refractivity contribution is 5.94. The molecule has 0 bridgehead atoms. The lowest BCUT2D eigenvalue weighted by Crippen LogP contribution is -2.19. The predicted octanol–water partition coefficient (Wildman–Crippen LogP) is 17.1. The van der Waals surface area contributed by atoms with E-state index in [4.69, 9.17) is 25.5 Å². The predicted molar refractivity (Wildman–Crippen MR) is 217 cm³/mol. The van der Waals surface area contributed by atoms with Crippen LogP contribution in [-0.2, 0) is 61.8 Å². The normalized spacial score (nSPS) is 12.6.